The topological polar surface area (TPSA) is 91.0 Å². The molecule has 1 atom stereocenters. The van der Waals surface area contributed by atoms with Gasteiger partial charge < -0.3 is 20.3 Å². The molecule has 2 aromatic rings. The standard InChI is InChI=1S/C23H25FN4O4/c1-23(15-8-10-16(32-2)11-9-15)21(30)28(22(31)26-23)14-19(29)25-20-17(24)6-5-7-18(20)27-12-3-4-13-27/h5-11H,3-4,12-14H2,1-2H3,(H,25,29)(H,26,31). The van der Waals surface area contributed by atoms with Crippen LogP contribution in [-0.2, 0) is 15.1 Å². The molecule has 1 unspecified atom stereocenters. The van der Waals surface area contributed by atoms with Gasteiger partial charge in [0.1, 0.15) is 29.3 Å². The Labute approximate surface area is 185 Å². The van der Waals surface area contributed by atoms with Crippen molar-refractivity contribution in [1.82, 2.24) is 10.2 Å². The first-order valence-electron chi connectivity index (χ1n) is 10.5. The van der Waals surface area contributed by atoms with Gasteiger partial charge in [0.25, 0.3) is 5.91 Å². The van der Waals surface area contributed by atoms with Gasteiger partial charge in [0.05, 0.1) is 12.8 Å². The number of methoxy groups -OCH3 is 1. The summed E-state index contributed by atoms with van der Waals surface area (Å²) in [6.07, 6.45) is 1.99. The molecule has 2 saturated heterocycles. The Morgan fingerprint density at radius 2 is 1.84 bits per heavy atom. The highest BCUT2D eigenvalue weighted by Crippen LogP contribution is 2.32. The number of nitrogens with zero attached hydrogens (tertiary/aromatic N) is 2. The smallest absolute Gasteiger partial charge is 0.325 e. The van der Waals surface area contributed by atoms with E-state index in [4.69, 9.17) is 4.74 Å². The van der Waals surface area contributed by atoms with E-state index in [1.165, 1.54) is 13.2 Å². The summed E-state index contributed by atoms with van der Waals surface area (Å²) in [5.74, 6) is -1.17. The number of imide groups is 1. The van der Waals surface area contributed by atoms with E-state index < -0.39 is 35.7 Å². The van der Waals surface area contributed by atoms with Crippen molar-refractivity contribution in [3.63, 3.8) is 0 Å². The second kappa shape index (κ2) is 8.49. The van der Waals surface area contributed by atoms with E-state index in [0.717, 1.165) is 30.8 Å². The zero-order valence-corrected chi connectivity index (χ0v) is 18.0. The Morgan fingerprint density at radius 1 is 1.16 bits per heavy atom. The molecule has 2 aliphatic heterocycles. The largest absolute Gasteiger partial charge is 0.497 e. The molecule has 0 aliphatic carbocycles. The minimum absolute atomic E-state index is 0.0596. The van der Waals surface area contributed by atoms with Crippen molar-refractivity contribution in [3.8, 4) is 5.75 Å². The summed E-state index contributed by atoms with van der Waals surface area (Å²) < 4.78 is 19.7. The number of nitrogens with one attached hydrogen (secondary N) is 2. The monoisotopic (exact) mass is 440 g/mol. The lowest BCUT2D eigenvalue weighted by Crippen LogP contribution is -2.42. The zero-order chi connectivity index (χ0) is 22.9. The second-order valence-electron chi connectivity index (χ2n) is 8.05. The van der Waals surface area contributed by atoms with Crippen molar-refractivity contribution < 1.29 is 23.5 Å². The number of anilines is 2. The van der Waals surface area contributed by atoms with E-state index >= 15 is 0 Å². The Balaban J connectivity index is 1.50. The molecule has 32 heavy (non-hydrogen) atoms. The number of carbonyl (C=O) groups excluding carboxylic acids is 3. The molecular formula is C23H25FN4O4. The minimum atomic E-state index is -1.32. The number of para-hydroxylation sites is 1. The molecule has 168 valence electrons. The Morgan fingerprint density at radius 3 is 2.50 bits per heavy atom. The molecule has 2 heterocycles. The van der Waals surface area contributed by atoms with Crippen LogP contribution in [0.4, 0.5) is 20.6 Å². The Kier molecular flexibility index (Phi) is 5.73. The maximum absolute atomic E-state index is 14.5. The third-order valence-corrected chi connectivity index (χ3v) is 5.95. The fraction of sp³-hybridized carbons (Fsp3) is 0.348. The lowest BCUT2D eigenvalue weighted by molar-refractivity contribution is -0.133. The van der Waals surface area contributed by atoms with Gasteiger partial charge >= 0.3 is 6.03 Å². The van der Waals surface area contributed by atoms with Crippen LogP contribution in [0.2, 0.25) is 0 Å². The van der Waals surface area contributed by atoms with Gasteiger partial charge in [0.15, 0.2) is 0 Å². The first-order chi connectivity index (χ1) is 15.3. The molecule has 2 aromatic carbocycles. The molecular weight excluding hydrogens is 415 g/mol. The number of halogens is 1. The molecule has 0 saturated carbocycles. The highest BCUT2D eigenvalue weighted by Gasteiger charge is 2.49. The van der Waals surface area contributed by atoms with Gasteiger partial charge in [0.2, 0.25) is 5.91 Å². The van der Waals surface area contributed by atoms with Crippen LogP contribution in [0.3, 0.4) is 0 Å². The summed E-state index contributed by atoms with van der Waals surface area (Å²) in [6.45, 7) is 2.61. The number of hydrogen-bond donors (Lipinski definition) is 2. The second-order valence-corrected chi connectivity index (χ2v) is 8.05. The van der Waals surface area contributed by atoms with Gasteiger partial charge in [0, 0.05) is 13.1 Å². The molecule has 0 aromatic heterocycles. The number of benzene rings is 2. The number of carbonyl (C=O) groups is 3. The van der Waals surface area contributed by atoms with E-state index in [0.29, 0.717) is 17.0 Å². The summed E-state index contributed by atoms with van der Waals surface area (Å²) in [4.78, 5) is 41.2. The quantitative estimate of drug-likeness (QED) is 0.674. The van der Waals surface area contributed by atoms with Crippen LogP contribution < -0.4 is 20.3 Å². The fourth-order valence-electron chi connectivity index (χ4n) is 4.14. The first-order valence-corrected chi connectivity index (χ1v) is 10.5. The zero-order valence-electron chi connectivity index (χ0n) is 18.0. The summed E-state index contributed by atoms with van der Waals surface area (Å²) >= 11 is 0. The van der Waals surface area contributed by atoms with Gasteiger partial charge in [-0.3, -0.25) is 14.5 Å². The van der Waals surface area contributed by atoms with Gasteiger partial charge in [-0.2, -0.15) is 0 Å². The van der Waals surface area contributed by atoms with Gasteiger partial charge in [-0.15, -0.1) is 0 Å². The normalized spacial score (nSPS) is 20.5. The van der Waals surface area contributed by atoms with Crippen LogP contribution in [0.1, 0.15) is 25.3 Å². The molecule has 2 N–H and O–H groups in total. The van der Waals surface area contributed by atoms with Crippen molar-refractivity contribution in [2.75, 3.05) is 37.0 Å². The van der Waals surface area contributed by atoms with Crippen molar-refractivity contribution in [2.24, 2.45) is 0 Å². The third-order valence-electron chi connectivity index (χ3n) is 5.95. The number of ether oxygens (including phenoxy) is 1. The molecule has 9 heteroatoms. The predicted octanol–water partition coefficient (Wildman–Crippen LogP) is 2.84. The first kappa shape index (κ1) is 21.6. The van der Waals surface area contributed by atoms with E-state index in [1.54, 1.807) is 43.3 Å². The molecule has 4 rings (SSSR count). The lowest BCUT2D eigenvalue weighted by atomic mass is 9.92. The van der Waals surface area contributed by atoms with Crippen LogP contribution >= 0.6 is 0 Å². The molecule has 2 aliphatic rings. The van der Waals surface area contributed by atoms with E-state index in [9.17, 15) is 18.8 Å². The van der Waals surface area contributed by atoms with Crippen LogP contribution in [-0.4, -0.2) is 49.5 Å². The number of rotatable bonds is 6. The van der Waals surface area contributed by atoms with Crippen LogP contribution in [0.15, 0.2) is 42.5 Å². The average Bonchev–Trinajstić information content (AvgIpc) is 3.39. The van der Waals surface area contributed by atoms with E-state index in [-0.39, 0.29) is 5.69 Å². The van der Waals surface area contributed by atoms with Crippen LogP contribution in [0, 0.1) is 5.82 Å². The lowest BCUT2D eigenvalue weighted by Gasteiger charge is -2.23. The van der Waals surface area contributed by atoms with Gasteiger partial charge in [-0.25, -0.2) is 9.18 Å². The molecule has 4 amide bonds. The highest BCUT2D eigenvalue weighted by molar-refractivity contribution is 6.10. The number of urea groups is 1. The summed E-state index contributed by atoms with van der Waals surface area (Å²) in [6, 6.07) is 10.7. The predicted molar refractivity (Wildman–Crippen MR) is 117 cm³/mol. The van der Waals surface area contributed by atoms with Crippen molar-refractivity contribution >= 4 is 29.2 Å². The van der Waals surface area contributed by atoms with Crippen molar-refractivity contribution in [3.05, 3.63) is 53.8 Å². The molecule has 0 bridgehead atoms. The van der Waals surface area contributed by atoms with Crippen molar-refractivity contribution in [1.29, 1.82) is 0 Å². The summed E-state index contributed by atoms with van der Waals surface area (Å²) in [5.41, 5.74) is -0.104. The highest BCUT2D eigenvalue weighted by atomic mass is 19.1. The Bertz CT molecular complexity index is 1050. The van der Waals surface area contributed by atoms with Crippen molar-refractivity contribution in [2.45, 2.75) is 25.3 Å². The summed E-state index contributed by atoms with van der Waals surface area (Å²) in [7, 11) is 1.53. The van der Waals surface area contributed by atoms with Gasteiger partial charge in [-0.05, 0) is 49.6 Å². The maximum Gasteiger partial charge on any atom is 0.325 e. The summed E-state index contributed by atoms with van der Waals surface area (Å²) in [5, 5.41) is 5.21. The van der Waals surface area contributed by atoms with E-state index in [2.05, 4.69) is 10.6 Å². The average molecular weight is 440 g/mol. The van der Waals surface area contributed by atoms with Crippen LogP contribution in [0.25, 0.3) is 0 Å². The van der Waals surface area contributed by atoms with E-state index in [1.807, 2.05) is 4.90 Å². The Hall–Kier alpha value is -3.62. The molecule has 2 fully saturated rings. The van der Waals surface area contributed by atoms with Crippen LogP contribution in [0.5, 0.6) is 5.75 Å². The fourth-order valence-corrected chi connectivity index (χ4v) is 4.14. The molecule has 0 spiro atoms. The number of amides is 4. The minimum Gasteiger partial charge on any atom is -0.497 e. The third kappa shape index (κ3) is 3.86. The molecule has 0 radical (unpaired) electrons. The molecule has 8 nitrogen and oxygen atoms in total. The maximum atomic E-state index is 14.5. The SMILES string of the molecule is COc1ccc(C2(C)NC(=O)N(CC(=O)Nc3c(F)cccc3N3CCCC3)C2=O)cc1. The number of hydrogen-bond acceptors (Lipinski definition) is 5. The van der Waals surface area contributed by atoms with Gasteiger partial charge in [-0.1, -0.05) is 18.2 Å².